The molecule has 9 heteroatoms. The zero-order valence-corrected chi connectivity index (χ0v) is 19.6. The third-order valence-corrected chi connectivity index (χ3v) is 7.21. The van der Waals surface area contributed by atoms with Crippen LogP contribution in [-0.4, -0.2) is 45.3 Å². The summed E-state index contributed by atoms with van der Waals surface area (Å²) in [5, 5.41) is 5.20. The molecule has 2 amide bonds. The molecule has 3 aromatic rings. The molecule has 0 fully saturated rings. The highest BCUT2D eigenvalue weighted by molar-refractivity contribution is 8.14. The van der Waals surface area contributed by atoms with E-state index in [4.69, 9.17) is 0 Å². The number of amides is 2. The standard InChI is InChI=1S/C25H20N4O3S2/c30-21(16-7-2-1-3-8-16)15-34-25-28-19-11-5-4-10-18(19)23-27-20(24(32)29(23)25)13-22(31)26-14-17-9-6-12-33-17/h1-12,20H,13-15H2,(H,26,31)/t20-/m1/s1. The number of Topliss-reactive ketones (excluding diaryl/α,β-unsaturated/α-hetero) is 1. The molecule has 0 spiro atoms. The molecule has 2 aliphatic rings. The van der Waals surface area contributed by atoms with Gasteiger partial charge in [-0.15, -0.1) is 11.3 Å². The highest BCUT2D eigenvalue weighted by Crippen LogP contribution is 2.34. The molecule has 0 bridgehead atoms. The van der Waals surface area contributed by atoms with Crippen LogP contribution in [0.25, 0.3) is 0 Å². The van der Waals surface area contributed by atoms with Gasteiger partial charge in [0.2, 0.25) is 5.91 Å². The van der Waals surface area contributed by atoms with Gasteiger partial charge in [0.05, 0.1) is 24.4 Å². The molecule has 7 nitrogen and oxygen atoms in total. The van der Waals surface area contributed by atoms with Gasteiger partial charge in [-0.2, -0.15) is 0 Å². The molecule has 2 aliphatic heterocycles. The van der Waals surface area contributed by atoms with Crippen molar-refractivity contribution in [3.05, 3.63) is 88.1 Å². The molecule has 0 saturated carbocycles. The minimum absolute atomic E-state index is 0.0483. The minimum Gasteiger partial charge on any atom is -0.351 e. The van der Waals surface area contributed by atoms with Gasteiger partial charge in [0.1, 0.15) is 11.9 Å². The van der Waals surface area contributed by atoms with Gasteiger partial charge >= 0.3 is 0 Å². The third kappa shape index (κ3) is 4.57. The Labute approximate surface area is 204 Å². The smallest absolute Gasteiger partial charge is 0.259 e. The van der Waals surface area contributed by atoms with E-state index >= 15 is 0 Å². The van der Waals surface area contributed by atoms with Gasteiger partial charge in [0, 0.05) is 16.0 Å². The van der Waals surface area contributed by atoms with Crippen molar-refractivity contribution in [1.29, 1.82) is 0 Å². The number of benzene rings is 2. The first kappa shape index (κ1) is 22.2. The average molecular weight is 489 g/mol. The molecule has 0 saturated heterocycles. The van der Waals surface area contributed by atoms with Crippen LogP contribution in [0.2, 0.25) is 0 Å². The van der Waals surface area contributed by atoms with Crippen LogP contribution in [0.15, 0.2) is 82.1 Å². The molecule has 1 N–H and O–H groups in total. The first-order valence-corrected chi connectivity index (χ1v) is 12.6. The number of ketones is 1. The number of nitrogens with zero attached hydrogens (tertiary/aromatic N) is 3. The molecule has 3 heterocycles. The van der Waals surface area contributed by atoms with E-state index in [1.165, 1.54) is 16.7 Å². The number of thiophene rings is 1. The van der Waals surface area contributed by atoms with Gasteiger partial charge in [-0.3, -0.25) is 19.4 Å². The van der Waals surface area contributed by atoms with E-state index in [1.807, 2.05) is 60.0 Å². The largest absolute Gasteiger partial charge is 0.351 e. The maximum absolute atomic E-state index is 13.3. The van der Waals surface area contributed by atoms with E-state index in [1.54, 1.807) is 23.5 Å². The number of thioether (sulfide) groups is 1. The summed E-state index contributed by atoms with van der Waals surface area (Å²) in [6, 6.07) is 19.5. The van der Waals surface area contributed by atoms with Crippen molar-refractivity contribution in [2.24, 2.45) is 9.98 Å². The second kappa shape index (κ2) is 9.74. The fourth-order valence-corrected chi connectivity index (χ4v) is 5.26. The van der Waals surface area contributed by atoms with Crippen molar-refractivity contribution in [2.75, 3.05) is 5.75 Å². The van der Waals surface area contributed by atoms with Gasteiger partial charge in [-0.25, -0.2) is 9.89 Å². The second-order valence-corrected chi connectivity index (χ2v) is 9.67. The first-order chi connectivity index (χ1) is 16.6. The lowest BCUT2D eigenvalue weighted by atomic mass is 10.1. The van der Waals surface area contributed by atoms with Crippen molar-refractivity contribution >= 4 is 57.4 Å². The molecule has 1 aromatic heterocycles. The molecular weight excluding hydrogens is 468 g/mol. The SMILES string of the molecule is O=C(C[C@H]1N=C2c3ccccc3N=C(SCC(=O)c3ccccc3)N2C1=O)NCc1cccs1. The Morgan fingerprint density at radius 1 is 1.03 bits per heavy atom. The number of hydrogen-bond donors (Lipinski definition) is 1. The van der Waals surface area contributed by atoms with Gasteiger partial charge in [-0.05, 0) is 23.6 Å². The lowest BCUT2D eigenvalue weighted by molar-refractivity contribution is -0.128. The van der Waals surface area contributed by atoms with Crippen LogP contribution in [0.4, 0.5) is 5.69 Å². The summed E-state index contributed by atoms with van der Waals surface area (Å²) in [5.74, 6) is 0.000505. The summed E-state index contributed by atoms with van der Waals surface area (Å²) in [4.78, 5) is 50.2. The fraction of sp³-hybridized carbons (Fsp3) is 0.160. The molecule has 0 unspecified atom stereocenters. The fourth-order valence-electron chi connectivity index (χ4n) is 3.72. The highest BCUT2D eigenvalue weighted by atomic mass is 32.2. The van der Waals surface area contributed by atoms with Crippen LogP contribution < -0.4 is 5.32 Å². The van der Waals surface area contributed by atoms with E-state index in [9.17, 15) is 14.4 Å². The molecular formula is C25H20N4O3S2. The maximum Gasteiger partial charge on any atom is 0.259 e. The van der Waals surface area contributed by atoms with Gasteiger partial charge < -0.3 is 5.32 Å². The highest BCUT2D eigenvalue weighted by Gasteiger charge is 2.42. The molecule has 5 rings (SSSR count). The Hall–Kier alpha value is -3.56. The van der Waals surface area contributed by atoms with Crippen molar-refractivity contribution in [2.45, 2.75) is 19.0 Å². The topological polar surface area (TPSA) is 91.2 Å². The van der Waals surface area contributed by atoms with E-state index < -0.39 is 6.04 Å². The predicted octanol–water partition coefficient (Wildman–Crippen LogP) is 4.03. The van der Waals surface area contributed by atoms with Crippen LogP contribution in [0.1, 0.15) is 27.2 Å². The summed E-state index contributed by atoms with van der Waals surface area (Å²) in [7, 11) is 0. The van der Waals surface area contributed by atoms with Crippen LogP contribution in [-0.2, 0) is 16.1 Å². The summed E-state index contributed by atoms with van der Waals surface area (Å²) < 4.78 is 0. The number of carbonyl (C=O) groups excluding carboxylic acids is 3. The quantitative estimate of drug-likeness (QED) is 0.509. The Bertz CT molecular complexity index is 1300. The monoisotopic (exact) mass is 488 g/mol. The molecule has 0 aliphatic carbocycles. The van der Waals surface area contributed by atoms with Gasteiger partial charge in [-0.1, -0.05) is 60.3 Å². The third-order valence-electron chi connectivity index (χ3n) is 5.39. The van der Waals surface area contributed by atoms with E-state index in [0.29, 0.717) is 28.8 Å². The Kier molecular flexibility index (Phi) is 6.37. The molecule has 170 valence electrons. The van der Waals surface area contributed by atoms with Gasteiger partial charge in [0.25, 0.3) is 5.91 Å². The molecule has 34 heavy (non-hydrogen) atoms. The summed E-state index contributed by atoms with van der Waals surface area (Å²) in [6.45, 7) is 0.421. The van der Waals surface area contributed by atoms with Crippen molar-refractivity contribution in [3.63, 3.8) is 0 Å². The zero-order chi connectivity index (χ0) is 23.5. The molecule has 0 radical (unpaired) electrons. The molecule has 2 aromatic carbocycles. The Morgan fingerprint density at radius 3 is 2.62 bits per heavy atom. The lowest BCUT2D eigenvalue weighted by Crippen LogP contribution is -2.42. The van der Waals surface area contributed by atoms with E-state index in [0.717, 1.165) is 10.4 Å². The van der Waals surface area contributed by atoms with Gasteiger partial charge in [0.15, 0.2) is 11.0 Å². The van der Waals surface area contributed by atoms with Crippen molar-refractivity contribution < 1.29 is 14.4 Å². The first-order valence-electron chi connectivity index (χ1n) is 10.7. The number of rotatable bonds is 7. The number of carbonyl (C=O) groups is 3. The van der Waals surface area contributed by atoms with Crippen LogP contribution in [0.3, 0.4) is 0 Å². The Morgan fingerprint density at radius 2 is 1.82 bits per heavy atom. The number of aliphatic imine (C=N–C) groups is 2. The van der Waals surface area contributed by atoms with Crippen LogP contribution in [0, 0.1) is 0 Å². The van der Waals surface area contributed by atoms with E-state index in [-0.39, 0.29) is 29.8 Å². The predicted molar refractivity (Wildman–Crippen MR) is 135 cm³/mol. The number of fused-ring (bicyclic) bond motifs is 3. The summed E-state index contributed by atoms with van der Waals surface area (Å²) >= 11 is 2.76. The van der Waals surface area contributed by atoms with Crippen molar-refractivity contribution in [3.8, 4) is 0 Å². The Balaban J connectivity index is 1.33. The molecule has 1 atom stereocenters. The number of nitrogens with one attached hydrogen (secondary N) is 1. The van der Waals surface area contributed by atoms with Crippen LogP contribution >= 0.6 is 23.1 Å². The number of hydrogen-bond acceptors (Lipinski definition) is 7. The summed E-state index contributed by atoms with van der Waals surface area (Å²) in [5.41, 5.74) is 2.02. The number of para-hydroxylation sites is 1. The summed E-state index contributed by atoms with van der Waals surface area (Å²) in [6.07, 6.45) is -0.0483. The van der Waals surface area contributed by atoms with Crippen molar-refractivity contribution in [1.82, 2.24) is 10.2 Å². The maximum atomic E-state index is 13.3. The second-order valence-electron chi connectivity index (χ2n) is 7.69. The zero-order valence-electron chi connectivity index (χ0n) is 18.0. The van der Waals surface area contributed by atoms with E-state index in [2.05, 4.69) is 15.3 Å². The average Bonchev–Trinajstić information content (AvgIpc) is 3.50. The lowest BCUT2D eigenvalue weighted by Gasteiger charge is -2.25. The van der Waals surface area contributed by atoms with Crippen LogP contribution in [0.5, 0.6) is 0 Å². The minimum atomic E-state index is -0.833. The normalized spacial score (nSPS) is 16.4. The number of amidine groups is 2.